The number of hydrogen-bond donors (Lipinski definition) is 1. The van der Waals surface area contributed by atoms with Gasteiger partial charge in [0.05, 0.1) is 5.69 Å². The van der Waals surface area contributed by atoms with E-state index in [2.05, 4.69) is 15.1 Å². The third kappa shape index (κ3) is 1.83. The molecule has 19 heavy (non-hydrogen) atoms. The summed E-state index contributed by atoms with van der Waals surface area (Å²) in [6.07, 6.45) is 3.28. The Bertz CT molecular complexity index is 765. The second-order valence-electron chi connectivity index (χ2n) is 4.10. The molecule has 3 rings (SSSR count). The number of pyridine rings is 1. The number of aromatic nitrogens is 4. The molecule has 0 fully saturated rings. The van der Waals surface area contributed by atoms with Gasteiger partial charge >= 0.3 is 5.97 Å². The van der Waals surface area contributed by atoms with Crippen molar-refractivity contribution in [3.05, 3.63) is 48.0 Å². The topological polar surface area (TPSA) is 80.4 Å². The Kier molecular flexibility index (Phi) is 2.49. The Balaban J connectivity index is 2.36. The zero-order chi connectivity index (χ0) is 13.4. The van der Waals surface area contributed by atoms with Crippen molar-refractivity contribution < 1.29 is 9.90 Å². The average molecular weight is 254 g/mol. The summed E-state index contributed by atoms with van der Waals surface area (Å²) < 4.78 is 1.54. The highest BCUT2D eigenvalue weighted by molar-refractivity contribution is 5.94. The van der Waals surface area contributed by atoms with E-state index >= 15 is 0 Å². The van der Waals surface area contributed by atoms with Crippen LogP contribution < -0.4 is 0 Å². The molecule has 0 amide bonds. The third-order valence-electron chi connectivity index (χ3n) is 2.75. The van der Waals surface area contributed by atoms with Crippen LogP contribution in [0.15, 0.2) is 36.7 Å². The van der Waals surface area contributed by atoms with E-state index in [0.29, 0.717) is 11.3 Å². The predicted octanol–water partition coefficient (Wildman–Crippen LogP) is 1.80. The lowest BCUT2D eigenvalue weighted by molar-refractivity contribution is 0.0693. The lowest BCUT2D eigenvalue weighted by Crippen LogP contribution is -1.99. The normalized spacial score (nSPS) is 10.8. The second kappa shape index (κ2) is 4.16. The molecule has 0 aliphatic heterocycles. The summed E-state index contributed by atoms with van der Waals surface area (Å²) in [5.74, 6) is -0.595. The molecule has 3 aromatic rings. The summed E-state index contributed by atoms with van der Waals surface area (Å²) in [5.41, 5.74) is 1.97. The maximum absolute atomic E-state index is 11.2. The van der Waals surface area contributed by atoms with Crippen LogP contribution in [0.2, 0.25) is 0 Å². The standard InChI is InChI=1S/C13H10N4O2/c1-8-4-5-10-11(13(18)19)15-12(17(10)16-8)9-3-2-6-14-7-9/h2-7H,1H3,(H,18,19). The number of aryl methyl sites for hydroxylation is 1. The van der Waals surface area contributed by atoms with Crippen molar-refractivity contribution in [3.8, 4) is 11.4 Å². The molecule has 3 aromatic heterocycles. The van der Waals surface area contributed by atoms with Crippen LogP contribution in [-0.4, -0.2) is 30.7 Å². The number of imidazole rings is 1. The van der Waals surface area contributed by atoms with Crippen LogP contribution in [0.3, 0.4) is 0 Å². The van der Waals surface area contributed by atoms with Gasteiger partial charge in [-0.05, 0) is 31.2 Å². The largest absolute Gasteiger partial charge is 0.476 e. The Morgan fingerprint density at radius 2 is 2.16 bits per heavy atom. The van der Waals surface area contributed by atoms with Crippen LogP contribution in [0.1, 0.15) is 16.2 Å². The smallest absolute Gasteiger partial charge is 0.356 e. The summed E-state index contributed by atoms with van der Waals surface area (Å²) in [6.45, 7) is 1.84. The fourth-order valence-corrected chi connectivity index (χ4v) is 1.91. The van der Waals surface area contributed by atoms with Crippen LogP contribution in [-0.2, 0) is 0 Å². The number of hydrogen-bond acceptors (Lipinski definition) is 4. The Morgan fingerprint density at radius 1 is 1.32 bits per heavy atom. The van der Waals surface area contributed by atoms with Gasteiger partial charge in [0.1, 0.15) is 5.52 Å². The van der Waals surface area contributed by atoms with E-state index in [4.69, 9.17) is 0 Å². The first-order valence-corrected chi connectivity index (χ1v) is 5.67. The van der Waals surface area contributed by atoms with Gasteiger partial charge in [-0.2, -0.15) is 5.10 Å². The Hall–Kier alpha value is -2.76. The number of fused-ring (bicyclic) bond motifs is 1. The molecule has 0 aromatic carbocycles. The molecule has 0 saturated heterocycles. The van der Waals surface area contributed by atoms with Gasteiger partial charge in [0, 0.05) is 18.0 Å². The highest BCUT2D eigenvalue weighted by Gasteiger charge is 2.18. The quantitative estimate of drug-likeness (QED) is 0.754. The van der Waals surface area contributed by atoms with Crippen molar-refractivity contribution in [2.24, 2.45) is 0 Å². The van der Waals surface area contributed by atoms with Crippen LogP contribution in [0.25, 0.3) is 16.9 Å². The first-order valence-electron chi connectivity index (χ1n) is 5.67. The van der Waals surface area contributed by atoms with E-state index in [0.717, 1.165) is 11.3 Å². The number of nitrogens with zero attached hydrogens (tertiary/aromatic N) is 4. The van der Waals surface area contributed by atoms with Crippen molar-refractivity contribution in [2.45, 2.75) is 6.92 Å². The molecule has 0 saturated carbocycles. The van der Waals surface area contributed by atoms with Gasteiger partial charge in [0.15, 0.2) is 11.5 Å². The lowest BCUT2D eigenvalue weighted by atomic mass is 10.3. The highest BCUT2D eigenvalue weighted by Crippen LogP contribution is 2.21. The Labute approximate surface area is 108 Å². The maximum Gasteiger partial charge on any atom is 0.356 e. The van der Waals surface area contributed by atoms with E-state index in [1.165, 1.54) is 4.52 Å². The SMILES string of the molecule is Cc1ccc2c(C(=O)O)nc(-c3cccnc3)n2n1. The number of aromatic carboxylic acids is 1. The zero-order valence-electron chi connectivity index (χ0n) is 10.1. The van der Waals surface area contributed by atoms with Gasteiger partial charge in [-0.3, -0.25) is 4.98 Å². The zero-order valence-corrected chi connectivity index (χ0v) is 10.1. The van der Waals surface area contributed by atoms with Crippen molar-refractivity contribution in [3.63, 3.8) is 0 Å². The molecule has 0 aliphatic rings. The van der Waals surface area contributed by atoms with Gasteiger partial charge in [-0.15, -0.1) is 0 Å². The summed E-state index contributed by atoms with van der Waals surface area (Å²) in [4.78, 5) is 19.4. The van der Waals surface area contributed by atoms with Crippen molar-refractivity contribution in [1.82, 2.24) is 19.6 Å². The molecule has 3 heterocycles. The summed E-state index contributed by atoms with van der Waals surface area (Å²) in [5, 5.41) is 13.5. The molecule has 1 N–H and O–H groups in total. The second-order valence-corrected chi connectivity index (χ2v) is 4.10. The molecule has 94 valence electrons. The van der Waals surface area contributed by atoms with E-state index in [1.807, 2.05) is 13.0 Å². The minimum absolute atomic E-state index is 0.00801. The molecular formula is C13H10N4O2. The van der Waals surface area contributed by atoms with E-state index < -0.39 is 5.97 Å². The maximum atomic E-state index is 11.2. The first kappa shape index (κ1) is 11.3. The van der Waals surface area contributed by atoms with Crippen molar-refractivity contribution in [1.29, 1.82) is 0 Å². The number of rotatable bonds is 2. The molecule has 6 nitrogen and oxygen atoms in total. The molecule has 0 radical (unpaired) electrons. The monoisotopic (exact) mass is 254 g/mol. The summed E-state index contributed by atoms with van der Waals surface area (Å²) in [6, 6.07) is 7.05. The fourth-order valence-electron chi connectivity index (χ4n) is 1.91. The predicted molar refractivity (Wildman–Crippen MR) is 67.9 cm³/mol. The molecule has 0 atom stereocenters. The van der Waals surface area contributed by atoms with Crippen LogP contribution in [0.5, 0.6) is 0 Å². The molecule has 0 bridgehead atoms. The number of carbonyl (C=O) groups is 1. The first-order chi connectivity index (χ1) is 9.16. The number of carboxylic acids is 1. The molecular weight excluding hydrogens is 244 g/mol. The fraction of sp³-hybridized carbons (Fsp3) is 0.0769. The molecule has 0 aliphatic carbocycles. The minimum atomic E-state index is -1.07. The van der Waals surface area contributed by atoms with Gasteiger partial charge in [0.25, 0.3) is 0 Å². The third-order valence-corrected chi connectivity index (χ3v) is 2.75. The lowest BCUT2D eigenvalue weighted by Gasteiger charge is -2.00. The van der Waals surface area contributed by atoms with Crippen molar-refractivity contribution in [2.75, 3.05) is 0 Å². The van der Waals surface area contributed by atoms with Gasteiger partial charge < -0.3 is 5.11 Å². The molecule has 0 unspecified atom stereocenters. The van der Waals surface area contributed by atoms with Crippen molar-refractivity contribution >= 4 is 11.5 Å². The van der Waals surface area contributed by atoms with Gasteiger partial charge in [-0.25, -0.2) is 14.3 Å². The Morgan fingerprint density at radius 3 is 2.84 bits per heavy atom. The molecule has 6 heteroatoms. The number of carboxylic acid groups (broad SMARTS) is 1. The summed E-state index contributed by atoms with van der Waals surface area (Å²) >= 11 is 0. The van der Waals surface area contributed by atoms with E-state index in [9.17, 15) is 9.90 Å². The van der Waals surface area contributed by atoms with E-state index in [-0.39, 0.29) is 5.69 Å². The van der Waals surface area contributed by atoms with Crippen LogP contribution in [0.4, 0.5) is 0 Å². The summed E-state index contributed by atoms with van der Waals surface area (Å²) in [7, 11) is 0. The average Bonchev–Trinajstić information content (AvgIpc) is 2.78. The highest BCUT2D eigenvalue weighted by atomic mass is 16.4. The van der Waals surface area contributed by atoms with Gasteiger partial charge in [-0.1, -0.05) is 0 Å². The minimum Gasteiger partial charge on any atom is -0.476 e. The molecule has 0 spiro atoms. The van der Waals surface area contributed by atoms with Crippen LogP contribution >= 0.6 is 0 Å². The van der Waals surface area contributed by atoms with Gasteiger partial charge in [0.2, 0.25) is 0 Å². The van der Waals surface area contributed by atoms with Crippen LogP contribution in [0, 0.1) is 6.92 Å². The van der Waals surface area contributed by atoms with E-state index in [1.54, 1.807) is 30.6 Å².